The summed E-state index contributed by atoms with van der Waals surface area (Å²) >= 11 is 6.01. The first-order valence-corrected chi connectivity index (χ1v) is 8.92. The van der Waals surface area contributed by atoms with Crippen LogP contribution in [-0.4, -0.2) is 25.5 Å². The SMILES string of the molecule is Cc1cc(OCn2ccc(C(=O)NCc3c(C)nn(C)c3C)n2)ccc1Cl. The lowest BCUT2D eigenvalue weighted by Crippen LogP contribution is -2.24. The van der Waals surface area contributed by atoms with Gasteiger partial charge in [0.25, 0.3) is 5.91 Å². The maximum atomic E-state index is 12.3. The first-order valence-electron chi connectivity index (χ1n) is 8.55. The van der Waals surface area contributed by atoms with E-state index < -0.39 is 0 Å². The minimum Gasteiger partial charge on any atom is -0.471 e. The maximum absolute atomic E-state index is 12.3. The number of rotatable bonds is 6. The second-order valence-corrected chi connectivity index (χ2v) is 6.79. The number of benzene rings is 1. The fraction of sp³-hybridized carbons (Fsp3) is 0.316. The van der Waals surface area contributed by atoms with Gasteiger partial charge >= 0.3 is 0 Å². The van der Waals surface area contributed by atoms with E-state index in [0.29, 0.717) is 23.0 Å². The van der Waals surface area contributed by atoms with Crippen LogP contribution in [0.1, 0.15) is 33.0 Å². The van der Waals surface area contributed by atoms with Crippen molar-refractivity contribution in [2.45, 2.75) is 34.0 Å². The first-order chi connectivity index (χ1) is 12.8. The highest BCUT2D eigenvalue weighted by molar-refractivity contribution is 6.31. The minimum absolute atomic E-state index is 0.204. The predicted octanol–water partition coefficient (Wildman–Crippen LogP) is 3.16. The van der Waals surface area contributed by atoms with Crippen molar-refractivity contribution in [1.82, 2.24) is 24.9 Å². The molecule has 0 spiro atoms. The average molecular weight is 388 g/mol. The van der Waals surface area contributed by atoms with Crippen LogP contribution in [-0.2, 0) is 20.3 Å². The van der Waals surface area contributed by atoms with E-state index in [4.69, 9.17) is 16.3 Å². The van der Waals surface area contributed by atoms with Gasteiger partial charge < -0.3 is 10.1 Å². The van der Waals surface area contributed by atoms with E-state index >= 15 is 0 Å². The molecule has 0 aliphatic heterocycles. The van der Waals surface area contributed by atoms with Crippen molar-refractivity contribution in [1.29, 1.82) is 0 Å². The molecule has 0 radical (unpaired) electrons. The molecule has 1 amide bonds. The summed E-state index contributed by atoms with van der Waals surface area (Å²) in [5.74, 6) is 0.458. The van der Waals surface area contributed by atoms with Gasteiger partial charge in [-0.3, -0.25) is 9.48 Å². The molecule has 0 saturated carbocycles. The van der Waals surface area contributed by atoms with Gasteiger partial charge in [-0.15, -0.1) is 0 Å². The Balaban J connectivity index is 1.58. The van der Waals surface area contributed by atoms with Gasteiger partial charge in [-0.25, -0.2) is 4.68 Å². The third kappa shape index (κ3) is 4.31. The van der Waals surface area contributed by atoms with Gasteiger partial charge in [-0.2, -0.15) is 10.2 Å². The molecule has 2 aromatic heterocycles. The number of amides is 1. The molecule has 0 bridgehead atoms. The van der Waals surface area contributed by atoms with Crippen molar-refractivity contribution in [2.24, 2.45) is 7.05 Å². The van der Waals surface area contributed by atoms with Crippen molar-refractivity contribution in [3.05, 3.63) is 63.7 Å². The summed E-state index contributed by atoms with van der Waals surface area (Å²) in [6, 6.07) is 7.11. The number of aromatic nitrogens is 4. The fourth-order valence-electron chi connectivity index (χ4n) is 2.73. The van der Waals surface area contributed by atoms with Crippen molar-refractivity contribution >= 4 is 17.5 Å². The molecule has 1 aromatic carbocycles. The topological polar surface area (TPSA) is 74.0 Å². The molecule has 3 aromatic rings. The normalized spacial score (nSPS) is 10.9. The van der Waals surface area contributed by atoms with E-state index in [9.17, 15) is 4.79 Å². The number of hydrogen-bond acceptors (Lipinski definition) is 4. The molecule has 1 N–H and O–H groups in total. The van der Waals surface area contributed by atoms with Gasteiger partial charge in [0.15, 0.2) is 6.73 Å². The van der Waals surface area contributed by atoms with Crippen LogP contribution in [0.4, 0.5) is 0 Å². The molecular weight excluding hydrogens is 366 g/mol. The van der Waals surface area contributed by atoms with Gasteiger partial charge in [0.2, 0.25) is 0 Å². The van der Waals surface area contributed by atoms with Gasteiger partial charge in [0, 0.05) is 36.1 Å². The Kier molecular flexibility index (Phi) is 5.51. The predicted molar refractivity (Wildman–Crippen MR) is 103 cm³/mol. The highest BCUT2D eigenvalue weighted by Crippen LogP contribution is 2.21. The molecule has 2 heterocycles. The summed E-state index contributed by atoms with van der Waals surface area (Å²) in [6.45, 7) is 6.44. The summed E-state index contributed by atoms with van der Waals surface area (Å²) < 4.78 is 9.06. The number of aryl methyl sites for hydroxylation is 3. The fourth-order valence-corrected chi connectivity index (χ4v) is 2.85. The van der Waals surface area contributed by atoms with Gasteiger partial charge in [0.1, 0.15) is 11.4 Å². The van der Waals surface area contributed by atoms with Crippen LogP contribution in [0, 0.1) is 20.8 Å². The quantitative estimate of drug-likeness (QED) is 0.705. The van der Waals surface area contributed by atoms with Crippen LogP contribution < -0.4 is 10.1 Å². The number of nitrogens with zero attached hydrogens (tertiary/aromatic N) is 4. The van der Waals surface area contributed by atoms with E-state index in [1.165, 1.54) is 0 Å². The highest BCUT2D eigenvalue weighted by atomic mass is 35.5. The molecule has 0 saturated heterocycles. The Morgan fingerprint density at radius 2 is 2.00 bits per heavy atom. The molecule has 0 atom stereocenters. The summed E-state index contributed by atoms with van der Waals surface area (Å²) in [4.78, 5) is 12.3. The van der Waals surface area contributed by atoms with Crippen molar-refractivity contribution in [3.8, 4) is 5.75 Å². The molecule has 8 heteroatoms. The van der Waals surface area contributed by atoms with E-state index in [1.54, 1.807) is 33.8 Å². The Bertz CT molecular complexity index is 977. The molecule has 7 nitrogen and oxygen atoms in total. The molecular formula is C19H22ClN5O2. The molecule has 27 heavy (non-hydrogen) atoms. The molecule has 142 valence electrons. The van der Waals surface area contributed by atoms with Crippen LogP contribution in [0.2, 0.25) is 5.02 Å². The van der Waals surface area contributed by atoms with Crippen LogP contribution in [0.25, 0.3) is 0 Å². The monoisotopic (exact) mass is 387 g/mol. The largest absolute Gasteiger partial charge is 0.471 e. The van der Waals surface area contributed by atoms with Crippen LogP contribution in [0.3, 0.4) is 0 Å². The smallest absolute Gasteiger partial charge is 0.272 e. The second kappa shape index (κ2) is 7.84. The Morgan fingerprint density at radius 1 is 1.22 bits per heavy atom. The Hall–Kier alpha value is -2.80. The lowest BCUT2D eigenvalue weighted by Gasteiger charge is -2.08. The average Bonchev–Trinajstić information content (AvgIpc) is 3.20. The lowest BCUT2D eigenvalue weighted by molar-refractivity contribution is 0.0943. The molecule has 0 aliphatic rings. The molecule has 0 fully saturated rings. The molecule has 3 rings (SSSR count). The summed E-state index contributed by atoms with van der Waals surface area (Å²) in [6.07, 6.45) is 1.71. The number of carbonyl (C=O) groups excluding carboxylic acids is 1. The van der Waals surface area contributed by atoms with Crippen molar-refractivity contribution < 1.29 is 9.53 Å². The van der Waals surface area contributed by atoms with Crippen molar-refractivity contribution in [3.63, 3.8) is 0 Å². The number of hydrogen-bond donors (Lipinski definition) is 1. The zero-order valence-corrected chi connectivity index (χ0v) is 16.5. The highest BCUT2D eigenvalue weighted by Gasteiger charge is 2.13. The van der Waals surface area contributed by atoms with E-state index in [1.807, 2.05) is 33.9 Å². The molecule has 0 aliphatic carbocycles. The minimum atomic E-state index is -0.237. The molecule has 0 unspecified atom stereocenters. The summed E-state index contributed by atoms with van der Waals surface area (Å²) in [5, 5.41) is 12.2. The van der Waals surface area contributed by atoms with E-state index in [2.05, 4.69) is 15.5 Å². The van der Waals surface area contributed by atoms with Crippen LogP contribution in [0.15, 0.2) is 30.5 Å². The van der Waals surface area contributed by atoms with Crippen molar-refractivity contribution in [2.75, 3.05) is 0 Å². The van der Waals surface area contributed by atoms with E-state index in [-0.39, 0.29) is 12.6 Å². The zero-order valence-electron chi connectivity index (χ0n) is 15.8. The summed E-state index contributed by atoms with van der Waals surface area (Å²) in [5.41, 5.74) is 4.24. The third-order valence-corrected chi connectivity index (χ3v) is 4.87. The number of nitrogens with one attached hydrogen (secondary N) is 1. The standard InChI is InChI=1S/C19H22ClN5O2/c1-12-9-15(5-6-17(12)20)27-11-25-8-7-18(23-25)19(26)21-10-16-13(2)22-24(4)14(16)3/h5-9H,10-11H2,1-4H3,(H,21,26). The third-order valence-electron chi connectivity index (χ3n) is 4.45. The van der Waals surface area contributed by atoms with Crippen LogP contribution in [0.5, 0.6) is 5.75 Å². The first kappa shape index (κ1) is 19.0. The van der Waals surface area contributed by atoms with Crippen LogP contribution >= 0.6 is 11.6 Å². The van der Waals surface area contributed by atoms with Gasteiger partial charge in [-0.05, 0) is 50.6 Å². The summed E-state index contributed by atoms with van der Waals surface area (Å²) in [7, 11) is 1.89. The maximum Gasteiger partial charge on any atom is 0.272 e. The number of carbonyl (C=O) groups is 1. The number of halogens is 1. The van der Waals surface area contributed by atoms with Gasteiger partial charge in [-0.1, -0.05) is 11.6 Å². The zero-order chi connectivity index (χ0) is 19.6. The van der Waals surface area contributed by atoms with E-state index in [0.717, 1.165) is 22.5 Å². The van der Waals surface area contributed by atoms with Gasteiger partial charge in [0.05, 0.1) is 5.69 Å². The second-order valence-electron chi connectivity index (χ2n) is 6.38. The number of ether oxygens (including phenoxy) is 1. The Morgan fingerprint density at radius 3 is 2.67 bits per heavy atom. The lowest BCUT2D eigenvalue weighted by atomic mass is 10.2. The Labute approximate surface area is 162 Å².